The number of aryl methyl sites for hydroxylation is 1. The number of nitrogens with zero attached hydrogens (tertiary/aromatic N) is 6. The molecule has 1 fully saturated rings. The van der Waals surface area contributed by atoms with Crippen LogP contribution < -0.4 is 20.1 Å². The highest BCUT2D eigenvalue weighted by Gasteiger charge is 2.28. The van der Waals surface area contributed by atoms with Crippen molar-refractivity contribution in [2.75, 3.05) is 31.0 Å². The summed E-state index contributed by atoms with van der Waals surface area (Å²) in [5.74, 6) is 2.76. The number of methoxy groups -OCH3 is 1. The van der Waals surface area contributed by atoms with Gasteiger partial charge in [0.25, 0.3) is 0 Å². The first-order valence-corrected chi connectivity index (χ1v) is 12.4. The maximum atomic E-state index is 11.4. The second-order valence-corrected chi connectivity index (χ2v) is 10.2. The zero-order valence-electron chi connectivity index (χ0n) is 22.4. The first kappa shape index (κ1) is 25.5. The van der Waals surface area contributed by atoms with Crippen molar-refractivity contribution < 1.29 is 19.0 Å². The van der Waals surface area contributed by atoms with E-state index in [4.69, 9.17) is 19.3 Å². The van der Waals surface area contributed by atoms with Gasteiger partial charge >= 0.3 is 0 Å². The summed E-state index contributed by atoms with van der Waals surface area (Å²) in [5.41, 5.74) is 2.18. The molecule has 12 nitrogen and oxygen atoms in total. The van der Waals surface area contributed by atoms with Crippen LogP contribution in [0.1, 0.15) is 45.9 Å². The van der Waals surface area contributed by atoms with E-state index in [1.54, 1.807) is 31.6 Å². The van der Waals surface area contributed by atoms with E-state index in [0.717, 1.165) is 18.7 Å². The number of amides is 1. The van der Waals surface area contributed by atoms with Crippen LogP contribution in [0.15, 0.2) is 30.6 Å². The number of pyridine rings is 2. The van der Waals surface area contributed by atoms with Gasteiger partial charge in [0.2, 0.25) is 11.9 Å². The lowest BCUT2D eigenvalue weighted by Crippen LogP contribution is -2.22. The van der Waals surface area contributed by atoms with Crippen molar-refractivity contribution >= 4 is 34.7 Å². The number of carbonyl (C=O) groups is 1. The van der Waals surface area contributed by atoms with Crippen LogP contribution in [0.4, 0.5) is 17.6 Å². The number of aromatic nitrogens is 6. The molecule has 0 spiro atoms. The van der Waals surface area contributed by atoms with Crippen molar-refractivity contribution in [1.29, 1.82) is 0 Å². The van der Waals surface area contributed by atoms with Gasteiger partial charge in [-0.15, -0.1) is 0 Å². The van der Waals surface area contributed by atoms with Crippen LogP contribution in [0.5, 0.6) is 17.2 Å². The molecule has 0 radical (unpaired) electrons. The summed E-state index contributed by atoms with van der Waals surface area (Å²) in [7, 11) is 3.44. The molecule has 1 amide bonds. The molecule has 1 aliphatic rings. The van der Waals surface area contributed by atoms with Crippen LogP contribution in [0.3, 0.4) is 0 Å². The van der Waals surface area contributed by atoms with E-state index in [0.29, 0.717) is 52.6 Å². The Balaban J connectivity index is 1.47. The molecule has 200 valence electrons. The van der Waals surface area contributed by atoms with E-state index in [-0.39, 0.29) is 17.4 Å². The molecule has 0 aromatic carbocycles. The second-order valence-electron chi connectivity index (χ2n) is 10.2. The molecule has 1 aliphatic heterocycles. The molecular weight excluding hydrogens is 488 g/mol. The van der Waals surface area contributed by atoms with Gasteiger partial charge in [0.15, 0.2) is 23.0 Å². The molecule has 2 N–H and O–H groups in total. The minimum absolute atomic E-state index is 0.0916. The largest absolute Gasteiger partial charge is 0.491 e. The number of hydrogen-bond donors (Lipinski definition) is 2. The molecule has 38 heavy (non-hydrogen) atoms. The highest BCUT2D eigenvalue weighted by atomic mass is 16.5. The zero-order valence-corrected chi connectivity index (χ0v) is 22.4. The Morgan fingerprint density at radius 1 is 1.21 bits per heavy atom. The summed E-state index contributed by atoms with van der Waals surface area (Å²) in [4.78, 5) is 24.7. The summed E-state index contributed by atoms with van der Waals surface area (Å²) < 4.78 is 21.3. The van der Waals surface area contributed by atoms with Crippen LogP contribution >= 0.6 is 0 Å². The Hall–Kier alpha value is -4.19. The molecule has 0 saturated carbocycles. The van der Waals surface area contributed by atoms with Crippen LogP contribution in [-0.4, -0.2) is 55.5 Å². The van der Waals surface area contributed by atoms with Crippen LogP contribution in [0, 0.1) is 0 Å². The first-order valence-electron chi connectivity index (χ1n) is 12.4. The van der Waals surface area contributed by atoms with Gasteiger partial charge < -0.3 is 29.4 Å². The van der Waals surface area contributed by atoms with Gasteiger partial charge in [-0.2, -0.15) is 10.1 Å². The molecule has 4 aromatic rings. The highest BCUT2D eigenvalue weighted by Crippen LogP contribution is 2.38. The predicted molar refractivity (Wildman–Crippen MR) is 142 cm³/mol. The number of rotatable bonds is 7. The Bertz CT molecular complexity index is 1480. The van der Waals surface area contributed by atoms with Crippen molar-refractivity contribution in [3.05, 3.63) is 36.3 Å². The van der Waals surface area contributed by atoms with Crippen LogP contribution in [0.25, 0.3) is 11.2 Å². The highest BCUT2D eigenvalue weighted by molar-refractivity contribution is 5.88. The lowest BCUT2D eigenvalue weighted by molar-refractivity contribution is -0.114. The van der Waals surface area contributed by atoms with Crippen molar-refractivity contribution in [1.82, 2.24) is 29.3 Å². The first-order chi connectivity index (χ1) is 18.1. The van der Waals surface area contributed by atoms with Crippen LogP contribution in [-0.2, 0) is 22.0 Å². The number of nitrogens with one attached hydrogen (secondary N) is 2. The third-order valence-electron chi connectivity index (χ3n) is 6.28. The van der Waals surface area contributed by atoms with Gasteiger partial charge in [0.05, 0.1) is 26.0 Å². The lowest BCUT2D eigenvalue weighted by atomic mass is 9.91. The fourth-order valence-electron chi connectivity index (χ4n) is 4.48. The van der Waals surface area contributed by atoms with Gasteiger partial charge in [-0.05, 0) is 12.5 Å². The Kier molecular flexibility index (Phi) is 6.66. The van der Waals surface area contributed by atoms with Gasteiger partial charge in [-0.3, -0.25) is 9.48 Å². The standard InChI is InChI=1S/C26H32N8O4/c1-15(35)29-20-11-17(7-9-27-20)38-18-13-28-24-22(23(18)36-6)33(5)25(31-24)30-21-12-19(26(2,3)4)34(32-21)16-8-10-37-14-16/h7,9,11-13,16H,8,10,14H2,1-6H3,(H,27,29,35)(H,28,30,31,32). The molecule has 0 bridgehead atoms. The smallest absolute Gasteiger partial charge is 0.222 e. The predicted octanol–water partition coefficient (Wildman–Crippen LogP) is 4.32. The van der Waals surface area contributed by atoms with Gasteiger partial charge in [-0.1, -0.05) is 20.8 Å². The number of imidazole rings is 1. The molecule has 12 heteroatoms. The summed E-state index contributed by atoms with van der Waals surface area (Å²) in [6, 6.07) is 5.58. The average molecular weight is 521 g/mol. The quantitative estimate of drug-likeness (QED) is 0.366. The molecule has 1 saturated heterocycles. The topological polar surface area (TPSA) is 130 Å². The zero-order chi connectivity index (χ0) is 27.0. The third kappa shape index (κ3) is 4.99. The molecule has 0 aliphatic carbocycles. The summed E-state index contributed by atoms with van der Waals surface area (Å²) in [6.07, 6.45) is 4.04. The number of carbonyl (C=O) groups excluding carboxylic acids is 1. The van der Waals surface area contributed by atoms with Crippen molar-refractivity contribution in [2.45, 2.75) is 45.6 Å². The third-order valence-corrected chi connectivity index (χ3v) is 6.28. The van der Waals surface area contributed by atoms with E-state index in [9.17, 15) is 4.79 Å². The normalized spacial score (nSPS) is 15.6. The summed E-state index contributed by atoms with van der Waals surface area (Å²) in [6.45, 7) is 9.34. The lowest BCUT2D eigenvalue weighted by Gasteiger charge is -2.22. The molecule has 5 rings (SSSR count). The minimum atomic E-state index is -0.221. The van der Waals surface area contributed by atoms with E-state index in [1.165, 1.54) is 6.92 Å². The summed E-state index contributed by atoms with van der Waals surface area (Å²) >= 11 is 0. The number of ether oxygens (including phenoxy) is 3. The maximum Gasteiger partial charge on any atom is 0.222 e. The summed E-state index contributed by atoms with van der Waals surface area (Å²) in [5, 5.41) is 10.9. The fraction of sp³-hybridized carbons (Fsp3) is 0.423. The second kappa shape index (κ2) is 9.93. The molecule has 1 atom stereocenters. The monoisotopic (exact) mass is 520 g/mol. The SMILES string of the molecule is COc1c(Oc2ccnc(NC(C)=O)c2)cnc2nc(Nc3cc(C(C)(C)C)n(C4CCOC4)n3)n(C)c12. The Labute approximate surface area is 220 Å². The van der Waals surface area contributed by atoms with Crippen molar-refractivity contribution in [3.8, 4) is 17.2 Å². The van der Waals surface area contributed by atoms with Crippen molar-refractivity contribution in [2.24, 2.45) is 7.05 Å². The number of fused-ring (bicyclic) bond motifs is 1. The van der Waals surface area contributed by atoms with Gasteiger partial charge in [0, 0.05) is 50.0 Å². The van der Waals surface area contributed by atoms with Gasteiger partial charge in [0.1, 0.15) is 17.1 Å². The number of anilines is 3. The number of hydrogen-bond acceptors (Lipinski definition) is 9. The van der Waals surface area contributed by atoms with E-state index < -0.39 is 0 Å². The maximum absolute atomic E-state index is 11.4. The molecule has 4 aromatic heterocycles. The molecule has 1 unspecified atom stereocenters. The van der Waals surface area contributed by atoms with Gasteiger partial charge in [-0.25, -0.2) is 9.97 Å². The van der Waals surface area contributed by atoms with Crippen molar-refractivity contribution in [3.63, 3.8) is 0 Å². The average Bonchev–Trinajstić information content (AvgIpc) is 3.59. The minimum Gasteiger partial charge on any atom is -0.491 e. The Morgan fingerprint density at radius 3 is 2.71 bits per heavy atom. The Morgan fingerprint density at radius 2 is 2.03 bits per heavy atom. The molecular formula is C26H32N8O4. The molecule has 5 heterocycles. The van der Waals surface area contributed by atoms with E-state index in [2.05, 4.69) is 57.1 Å². The fourth-order valence-corrected chi connectivity index (χ4v) is 4.48. The van der Waals surface area contributed by atoms with Crippen LogP contribution in [0.2, 0.25) is 0 Å². The van der Waals surface area contributed by atoms with E-state index >= 15 is 0 Å². The van der Waals surface area contributed by atoms with E-state index in [1.807, 2.05) is 11.6 Å².